The highest BCUT2D eigenvalue weighted by Gasteiger charge is 2.09. The summed E-state index contributed by atoms with van der Waals surface area (Å²) in [6.07, 6.45) is 0. The van der Waals surface area contributed by atoms with Gasteiger partial charge in [0.25, 0.3) is 0 Å². The monoisotopic (exact) mass is 298 g/mol. The van der Waals surface area contributed by atoms with Gasteiger partial charge in [-0.05, 0) is 11.4 Å². The third kappa shape index (κ3) is 4.36. The lowest BCUT2D eigenvalue weighted by Gasteiger charge is -2.19. The number of methoxy groups -OCH3 is 1. The van der Waals surface area contributed by atoms with Gasteiger partial charge in [-0.2, -0.15) is 11.3 Å². The normalized spacial score (nSPS) is 11.3. The average Bonchev–Trinajstić information content (AvgIpc) is 3.06. The number of hydrogen-bond acceptors (Lipinski definition) is 6. The Morgan fingerprint density at radius 3 is 2.95 bits per heavy atom. The van der Waals surface area contributed by atoms with Crippen LogP contribution in [0.5, 0.6) is 0 Å². The Hall–Kier alpha value is -0.790. The predicted octanol–water partition coefficient (Wildman–Crippen LogP) is 2.31. The van der Waals surface area contributed by atoms with Crippen molar-refractivity contribution in [3.05, 3.63) is 27.9 Å². The van der Waals surface area contributed by atoms with Crippen LogP contribution in [-0.2, 0) is 11.3 Å². The van der Waals surface area contributed by atoms with E-state index in [4.69, 9.17) is 9.84 Å². The van der Waals surface area contributed by atoms with Gasteiger partial charge in [0.2, 0.25) is 0 Å². The fourth-order valence-corrected chi connectivity index (χ4v) is 3.28. The van der Waals surface area contributed by atoms with E-state index >= 15 is 0 Å². The van der Waals surface area contributed by atoms with E-state index in [9.17, 15) is 0 Å². The number of aliphatic hydroxyl groups is 1. The minimum atomic E-state index is 0.158. The zero-order valence-corrected chi connectivity index (χ0v) is 12.5. The second kappa shape index (κ2) is 7.72. The molecular formula is C13H18N2O2S2. The third-order valence-corrected chi connectivity index (χ3v) is 4.36. The van der Waals surface area contributed by atoms with Gasteiger partial charge in [-0.25, -0.2) is 4.98 Å². The topological polar surface area (TPSA) is 45.6 Å². The van der Waals surface area contributed by atoms with Crippen molar-refractivity contribution >= 4 is 22.7 Å². The first-order valence-corrected chi connectivity index (χ1v) is 7.95. The summed E-state index contributed by atoms with van der Waals surface area (Å²) >= 11 is 3.35. The van der Waals surface area contributed by atoms with Crippen molar-refractivity contribution in [3.8, 4) is 10.6 Å². The van der Waals surface area contributed by atoms with Gasteiger partial charge in [0, 0.05) is 43.1 Å². The maximum absolute atomic E-state index is 9.07. The number of aliphatic hydroxyl groups excluding tert-OH is 1. The lowest BCUT2D eigenvalue weighted by molar-refractivity contribution is 0.126. The molecule has 2 aromatic rings. The number of rotatable bonds is 8. The molecule has 1 N–H and O–H groups in total. The molecule has 0 saturated carbocycles. The van der Waals surface area contributed by atoms with Crippen LogP contribution in [0.4, 0.5) is 0 Å². The van der Waals surface area contributed by atoms with Crippen LogP contribution in [-0.4, -0.2) is 48.4 Å². The Balaban J connectivity index is 1.97. The Morgan fingerprint density at radius 1 is 1.37 bits per heavy atom. The molecule has 0 amide bonds. The molecule has 6 heteroatoms. The fraction of sp³-hybridized carbons (Fsp3) is 0.462. The number of hydrogen-bond donors (Lipinski definition) is 1. The highest BCUT2D eigenvalue weighted by molar-refractivity contribution is 7.14. The summed E-state index contributed by atoms with van der Waals surface area (Å²) in [5.41, 5.74) is 2.24. The summed E-state index contributed by atoms with van der Waals surface area (Å²) in [6.45, 7) is 3.04. The first-order valence-electron chi connectivity index (χ1n) is 6.12. The Bertz CT molecular complexity index is 471. The molecular weight excluding hydrogens is 280 g/mol. The van der Waals surface area contributed by atoms with Crippen LogP contribution < -0.4 is 0 Å². The Labute approximate surface area is 121 Å². The van der Waals surface area contributed by atoms with Crippen LogP contribution in [0.15, 0.2) is 22.2 Å². The van der Waals surface area contributed by atoms with Crippen LogP contribution in [0.25, 0.3) is 10.6 Å². The molecule has 0 atom stereocenters. The molecule has 0 aliphatic carbocycles. The molecule has 0 radical (unpaired) electrons. The van der Waals surface area contributed by atoms with Gasteiger partial charge in [-0.1, -0.05) is 0 Å². The summed E-state index contributed by atoms with van der Waals surface area (Å²) in [7, 11) is 1.69. The van der Waals surface area contributed by atoms with E-state index in [1.807, 2.05) is 0 Å². The second-order valence-electron chi connectivity index (χ2n) is 4.15. The van der Waals surface area contributed by atoms with Crippen LogP contribution in [0.2, 0.25) is 0 Å². The first kappa shape index (κ1) is 14.6. The zero-order valence-electron chi connectivity index (χ0n) is 10.9. The number of thiophene rings is 1. The van der Waals surface area contributed by atoms with E-state index in [2.05, 4.69) is 32.1 Å². The SMILES string of the molecule is COCCN(CCO)Cc1csc(-c2ccsc2)n1. The Morgan fingerprint density at radius 2 is 2.26 bits per heavy atom. The van der Waals surface area contributed by atoms with Crippen LogP contribution in [0.3, 0.4) is 0 Å². The smallest absolute Gasteiger partial charge is 0.124 e. The van der Waals surface area contributed by atoms with Gasteiger partial charge >= 0.3 is 0 Å². The van der Waals surface area contributed by atoms with E-state index in [-0.39, 0.29) is 6.61 Å². The number of nitrogens with zero attached hydrogens (tertiary/aromatic N) is 2. The molecule has 104 valence electrons. The molecule has 0 aliphatic rings. The molecule has 0 spiro atoms. The molecule has 0 unspecified atom stereocenters. The van der Waals surface area contributed by atoms with E-state index in [0.29, 0.717) is 13.2 Å². The van der Waals surface area contributed by atoms with Gasteiger partial charge in [0.05, 0.1) is 18.9 Å². The van der Waals surface area contributed by atoms with Gasteiger partial charge < -0.3 is 9.84 Å². The first-order chi connectivity index (χ1) is 9.33. The molecule has 19 heavy (non-hydrogen) atoms. The lowest BCUT2D eigenvalue weighted by atomic mass is 10.3. The predicted molar refractivity (Wildman–Crippen MR) is 79.7 cm³/mol. The van der Waals surface area contributed by atoms with Crippen molar-refractivity contribution in [3.63, 3.8) is 0 Å². The number of ether oxygens (including phenoxy) is 1. The van der Waals surface area contributed by atoms with Crippen molar-refractivity contribution < 1.29 is 9.84 Å². The molecule has 4 nitrogen and oxygen atoms in total. The summed E-state index contributed by atoms with van der Waals surface area (Å²) in [6, 6.07) is 2.09. The average molecular weight is 298 g/mol. The largest absolute Gasteiger partial charge is 0.395 e. The van der Waals surface area contributed by atoms with Crippen LogP contribution >= 0.6 is 22.7 Å². The van der Waals surface area contributed by atoms with E-state index in [1.165, 1.54) is 5.56 Å². The van der Waals surface area contributed by atoms with Crippen molar-refractivity contribution in [1.29, 1.82) is 0 Å². The van der Waals surface area contributed by atoms with Crippen molar-refractivity contribution in [2.24, 2.45) is 0 Å². The molecule has 0 fully saturated rings. The maximum atomic E-state index is 9.07. The van der Waals surface area contributed by atoms with Gasteiger partial charge in [-0.15, -0.1) is 11.3 Å². The number of thiazole rings is 1. The standard InChI is InChI=1S/C13H18N2O2S2/c1-17-6-4-15(3-5-16)8-12-10-19-13(14-12)11-2-7-18-9-11/h2,7,9-10,16H,3-6,8H2,1H3. The minimum Gasteiger partial charge on any atom is -0.395 e. The van der Waals surface area contributed by atoms with Gasteiger partial charge in [-0.3, -0.25) is 4.90 Å². The summed E-state index contributed by atoms with van der Waals surface area (Å²) in [4.78, 5) is 6.79. The maximum Gasteiger partial charge on any atom is 0.124 e. The van der Waals surface area contributed by atoms with E-state index < -0.39 is 0 Å². The van der Waals surface area contributed by atoms with Gasteiger partial charge in [0.15, 0.2) is 0 Å². The molecule has 0 saturated heterocycles. The van der Waals surface area contributed by atoms with Gasteiger partial charge in [0.1, 0.15) is 5.01 Å². The molecule has 0 bridgehead atoms. The van der Waals surface area contributed by atoms with Crippen molar-refractivity contribution in [1.82, 2.24) is 9.88 Å². The minimum absolute atomic E-state index is 0.158. The highest BCUT2D eigenvalue weighted by atomic mass is 32.1. The third-order valence-electron chi connectivity index (χ3n) is 2.73. The molecule has 0 aliphatic heterocycles. The molecule has 2 rings (SSSR count). The number of aromatic nitrogens is 1. The fourth-order valence-electron chi connectivity index (χ4n) is 1.76. The van der Waals surface area contributed by atoms with Crippen molar-refractivity contribution in [2.75, 3.05) is 33.4 Å². The lowest BCUT2D eigenvalue weighted by Crippen LogP contribution is -2.29. The van der Waals surface area contributed by atoms with E-state index in [0.717, 1.165) is 23.8 Å². The second-order valence-corrected chi connectivity index (χ2v) is 5.79. The summed E-state index contributed by atoms with van der Waals surface area (Å²) < 4.78 is 5.08. The quantitative estimate of drug-likeness (QED) is 0.812. The summed E-state index contributed by atoms with van der Waals surface area (Å²) in [5.74, 6) is 0. The van der Waals surface area contributed by atoms with Crippen LogP contribution in [0.1, 0.15) is 5.69 Å². The molecule has 2 heterocycles. The van der Waals surface area contributed by atoms with Crippen molar-refractivity contribution in [2.45, 2.75) is 6.54 Å². The summed E-state index contributed by atoms with van der Waals surface area (Å²) in [5, 5.41) is 16.4. The Kier molecular flexibility index (Phi) is 5.93. The van der Waals surface area contributed by atoms with Crippen LogP contribution in [0, 0.1) is 0 Å². The van der Waals surface area contributed by atoms with E-state index in [1.54, 1.807) is 29.8 Å². The molecule has 2 aromatic heterocycles. The molecule has 0 aromatic carbocycles. The highest BCUT2D eigenvalue weighted by Crippen LogP contribution is 2.26. The zero-order chi connectivity index (χ0) is 13.5.